The maximum atomic E-state index is 8.73. The van der Waals surface area contributed by atoms with Crippen LogP contribution < -0.4 is 0 Å². The highest BCUT2D eigenvalue weighted by Gasteiger charge is 1.82. The Labute approximate surface area is 76.1 Å². The highest BCUT2D eigenvalue weighted by molar-refractivity contribution is 5.23. The zero-order valence-electron chi connectivity index (χ0n) is 8.54. The topological polar surface area (TPSA) is 20.2 Å². The molecule has 0 spiro atoms. The van der Waals surface area contributed by atoms with Crippen molar-refractivity contribution < 1.29 is 5.11 Å². The molecule has 0 fully saturated rings. The van der Waals surface area contributed by atoms with Crippen LogP contribution in [0.25, 0.3) is 0 Å². The summed E-state index contributed by atoms with van der Waals surface area (Å²) in [7, 11) is 0. The van der Waals surface area contributed by atoms with E-state index in [2.05, 4.69) is 0 Å². The van der Waals surface area contributed by atoms with Crippen molar-refractivity contribution in [2.24, 2.45) is 0 Å². The number of rotatable bonds is 3. The average Bonchev–Trinajstić information content (AvgIpc) is 2.15. The van der Waals surface area contributed by atoms with Crippen LogP contribution in [0.3, 0.4) is 0 Å². The molecule has 0 aliphatic carbocycles. The van der Waals surface area contributed by atoms with Gasteiger partial charge in [0.1, 0.15) is 0 Å². The van der Waals surface area contributed by atoms with Gasteiger partial charge >= 0.3 is 0 Å². The van der Waals surface area contributed by atoms with Gasteiger partial charge in [-0.05, 0) is 19.4 Å². The Balaban J connectivity index is 0. The molecule has 0 amide bonds. The first-order valence-corrected chi connectivity index (χ1v) is 4.40. The largest absolute Gasteiger partial charge is 0.392 e. The first-order valence-electron chi connectivity index (χ1n) is 4.40. The summed E-state index contributed by atoms with van der Waals surface area (Å²) in [4.78, 5) is 0. The van der Waals surface area contributed by atoms with Gasteiger partial charge in [-0.2, -0.15) is 0 Å². The van der Waals surface area contributed by atoms with E-state index in [1.807, 2.05) is 58.1 Å². The van der Waals surface area contributed by atoms with Gasteiger partial charge in [-0.3, -0.25) is 0 Å². The summed E-state index contributed by atoms with van der Waals surface area (Å²) in [6.07, 6.45) is 9.52. The Bertz CT molecular complexity index is 152. The van der Waals surface area contributed by atoms with Gasteiger partial charge in [0.15, 0.2) is 0 Å². The summed E-state index contributed by atoms with van der Waals surface area (Å²) in [5, 5.41) is 8.73. The Morgan fingerprint density at radius 3 is 2.08 bits per heavy atom. The molecule has 0 aromatic rings. The molecule has 0 aliphatic rings. The van der Waals surface area contributed by atoms with Crippen LogP contribution in [0.2, 0.25) is 0 Å². The molecule has 0 atom stereocenters. The van der Waals surface area contributed by atoms with E-state index in [4.69, 9.17) is 5.11 Å². The standard InChI is InChI=1S/C9H14O.C2H6/c1-3-5-7-9(8-10)6-4-2;1-2/h3-7,10H,8H2,1-2H3;1-2H3/b5-3-,6-4-,9-7+;. The minimum absolute atomic E-state index is 0.106. The van der Waals surface area contributed by atoms with Crippen LogP contribution in [-0.4, -0.2) is 11.7 Å². The van der Waals surface area contributed by atoms with E-state index in [1.165, 1.54) is 0 Å². The molecule has 1 nitrogen and oxygen atoms in total. The van der Waals surface area contributed by atoms with Crippen LogP contribution in [0.15, 0.2) is 36.0 Å². The van der Waals surface area contributed by atoms with E-state index in [9.17, 15) is 0 Å². The van der Waals surface area contributed by atoms with E-state index >= 15 is 0 Å². The van der Waals surface area contributed by atoms with Crippen LogP contribution in [0.5, 0.6) is 0 Å². The maximum Gasteiger partial charge on any atom is 0.0681 e. The fraction of sp³-hybridized carbons (Fsp3) is 0.455. The molecular weight excluding hydrogens is 148 g/mol. The number of allylic oxidation sites excluding steroid dienone is 4. The first-order chi connectivity index (χ1) is 5.85. The lowest BCUT2D eigenvalue weighted by atomic mass is 10.2. The van der Waals surface area contributed by atoms with Crippen molar-refractivity contribution in [3.63, 3.8) is 0 Å². The van der Waals surface area contributed by atoms with Gasteiger partial charge in [0.25, 0.3) is 0 Å². The summed E-state index contributed by atoms with van der Waals surface area (Å²) >= 11 is 0. The lowest BCUT2D eigenvalue weighted by Gasteiger charge is -1.90. The molecule has 0 saturated heterocycles. The van der Waals surface area contributed by atoms with Crippen molar-refractivity contribution in [3.8, 4) is 0 Å². The second kappa shape index (κ2) is 12.8. The van der Waals surface area contributed by atoms with E-state index in [0.29, 0.717) is 0 Å². The van der Waals surface area contributed by atoms with Gasteiger partial charge in [-0.1, -0.05) is 44.2 Å². The van der Waals surface area contributed by atoms with E-state index in [0.717, 1.165) is 5.57 Å². The summed E-state index contributed by atoms with van der Waals surface area (Å²) in [5.74, 6) is 0. The SMILES string of the molecule is CC.C\C=C/C=C(\C=C/C)CO. The third-order valence-electron chi connectivity index (χ3n) is 1.07. The zero-order valence-corrected chi connectivity index (χ0v) is 8.54. The van der Waals surface area contributed by atoms with Crippen LogP contribution in [-0.2, 0) is 0 Å². The van der Waals surface area contributed by atoms with Crippen molar-refractivity contribution in [2.45, 2.75) is 27.7 Å². The van der Waals surface area contributed by atoms with Crippen molar-refractivity contribution in [2.75, 3.05) is 6.61 Å². The predicted octanol–water partition coefficient (Wildman–Crippen LogP) is 3.08. The molecule has 12 heavy (non-hydrogen) atoms. The summed E-state index contributed by atoms with van der Waals surface area (Å²) in [6, 6.07) is 0. The van der Waals surface area contributed by atoms with Crippen molar-refractivity contribution in [1.82, 2.24) is 0 Å². The van der Waals surface area contributed by atoms with Gasteiger partial charge in [0.2, 0.25) is 0 Å². The smallest absolute Gasteiger partial charge is 0.0681 e. The van der Waals surface area contributed by atoms with E-state index < -0.39 is 0 Å². The molecule has 70 valence electrons. The molecule has 0 aliphatic heterocycles. The number of hydrogen-bond donors (Lipinski definition) is 1. The Kier molecular flexibility index (Phi) is 14.7. The zero-order chi connectivity index (χ0) is 9.82. The Morgan fingerprint density at radius 1 is 1.17 bits per heavy atom. The Hall–Kier alpha value is -0.820. The minimum atomic E-state index is 0.106. The molecule has 0 aromatic carbocycles. The summed E-state index contributed by atoms with van der Waals surface area (Å²) in [6.45, 7) is 7.98. The molecule has 0 radical (unpaired) electrons. The highest BCUT2D eigenvalue weighted by atomic mass is 16.3. The van der Waals surface area contributed by atoms with Gasteiger partial charge in [0.05, 0.1) is 6.61 Å². The predicted molar refractivity (Wildman–Crippen MR) is 56.1 cm³/mol. The maximum absolute atomic E-state index is 8.73. The summed E-state index contributed by atoms with van der Waals surface area (Å²) in [5.41, 5.74) is 0.931. The van der Waals surface area contributed by atoms with Gasteiger partial charge in [0, 0.05) is 0 Å². The molecule has 1 heteroatoms. The Morgan fingerprint density at radius 2 is 1.75 bits per heavy atom. The van der Waals surface area contributed by atoms with E-state index in [-0.39, 0.29) is 6.61 Å². The normalized spacial score (nSPS) is 11.9. The third-order valence-corrected chi connectivity index (χ3v) is 1.07. The number of aliphatic hydroxyl groups excluding tert-OH is 1. The molecular formula is C11H20O. The van der Waals surface area contributed by atoms with Crippen molar-refractivity contribution in [1.29, 1.82) is 0 Å². The second-order valence-corrected chi connectivity index (χ2v) is 1.93. The van der Waals surface area contributed by atoms with Gasteiger partial charge in [-0.25, -0.2) is 0 Å². The molecule has 0 rings (SSSR count). The van der Waals surface area contributed by atoms with Gasteiger partial charge in [-0.15, -0.1) is 0 Å². The second-order valence-electron chi connectivity index (χ2n) is 1.93. The van der Waals surface area contributed by atoms with Crippen LogP contribution >= 0.6 is 0 Å². The van der Waals surface area contributed by atoms with Crippen LogP contribution in [0, 0.1) is 0 Å². The minimum Gasteiger partial charge on any atom is -0.392 e. The number of hydrogen-bond acceptors (Lipinski definition) is 1. The fourth-order valence-corrected chi connectivity index (χ4v) is 0.595. The van der Waals surface area contributed by atoms with Crippen molar-refractivity contribution >= 4 is 0 Å². The molecule has 0 heterocycles. The molecule has 1 N–H and O–H groups in total. The molecule has 0 saturated carbocycles. The third kappa shape index (κ3) is 9.18. The quantitative estimate of drug-likeness (QED) is 0.642. The van der Waals surface area contributed by atoms with Crippen molar-refractivity contribution in [3.05, 3.63) is 36.0 Å². The molecule has 0 unspecified atom stereocenters. The number of aliphatic hydroxyl groups is 1. The van der Waals surface area contributed by atoms with E-state index in [1.54, 1.807) is 0 Å². The van der Waals surface area contributed by atoms with Crippen LogP contribution in [0.1, 0.15) is 27.7 Å². The lowest BCUT2D eigenvalue weighted by Crippen LogP contribution is -1.83. The molecule has 0 aromatic heterocycles. The van der Waals surface area contributed by atoms with Gasteiger partial charge < -0.3 is 5.11 Å². The van der Waals surface area contributed by atoms with Crippen LogP contribution in [0.4, 0.5) is 0 Å². The summed E-state index contributed by atoms with van der Waals surface area (Å²) < 4.78 is 0. The lowest BCUT2D eigenvalue weighted by molar-refractivity contribution is 0.335. The highest BCUT2D eigenvalue weighted by Crippen LogP contribution is 1.95. The fourth-order valence-electron chi connectivity index (χ4n) is 0.595. The first kappa shape index (κ1) is 13.7. The monoisotopic (exact) mass is 168 g/mol. The molecule has 0 bridgehead atoms. The average molecular weight is 168 g/mol.